The maximum absolute atomic E-state index is 11.3. The molecule has 0 saturated heterocycles. The molecule has 0 radical (unpaired) electrons. The highest BCUT2D eigenvalue weighted by Gasteiger charge is 2.30. The predicted molar refractivity (Wildman–Crippen MR) is 83.0 cm³/mol. The molecule has 0 heterocycles. The van der Waals surface area contributed by atoms with Gasteiger partial charge in [-0.05, 0) is 25.3 Å². The van der Waals surface area contributed by atoms with Crippen LogP contribution in [0.15, 0.2) is 23.2 Å². The average Bonchev–Trinajstić information content (AvgIpc) is 2.51. The van der Waals surface area contributed by atoms with E-state index in [1.165, 1.54) is 12.1 Å². The third kappa shape index (κ3) is 4.32. The van der Waals surface area contributed by atoms with E-state index in [4.69, 9.17) is 0 Å². The number of aliphatic imine (C=N–C) groups is 1. The van der Waals surface area contributed by atoms with E-state index in [1.54, 1.807) is 0 Å². The summed E-state index contributed by atoms with van der Waals surface area (Å²) < 4.78 is 32.3. The number of benzene rings is 1. The highest BCUT2D eigenvalue weighted by Crippen LogP contribution is 2.37. The summed E-state index contributed by atoms with van der Waals surface area (Å²) in [7, 11) is -4.53. The molecule has 130 valence electrons. The monoisotopic (exact) mass is 356 g/mol. The van der Waals surface area contributed by atoms with E-state index >= 15 is 0 Å². The molecular formula is C13H14N3O7S-. The van der Waals surface area contributed by atoms with Gasteiger partial charge < -0.3 is 4.55 Å². The first-order valence-electron chi connectivity index (χ1n) is 7.08. The number of nitro benzene ring substituents is 2. The molecule has 2 rings (SSSR count). The van der Waals surface area contributed by atoms with E-state index in [1.807, 2.05) is 0 Å². The molecule has 1 aromatic carbocycles. The van der Waals surface area contributed by atoms with Crippen LogP contribution in [0.4, 0.5) is 11.4 Å². The molecule has 1 aromatic rings. The first-order valence-corrected chi connectivity index (χ1v) is 8.66. The molecule has 0 N–H and O–H groups in total. The van der Waals surface area contributed by atoms with Crippen molar-refractivity contribution in [3.05, 3.63) is 44.0 Å². The fourth-order valence-corrected chi connectivity index (χ4v) is 3.10. The first-order chi connectivity index (χ1) is 11.2. The molecule has 0 spiro atoms. The van der Waals surface area contributed by atoms with Gasteiger partial charge in [-0.15, -0.1) is 0 Å². The lowest BCUT2D eigenvalue weighted by Crippen LogP contribution is -2.20. The minimum atomic E-state index is -4.53. The summed E-state index contributed by atoms with van der Waals surface area (Å²) in [5, 5.41) is 22.1. The molecule has 11 heteroatoms. The van der Waals surface area contributed by atoms with Gasteiger partial charge in [0, 0.05) is 23.3 Å². The third-order valence-corrected chi connectivity index (χ3v) is 4.25. The Morgan fingerprint density at radius 1 is 1.17 bits per heavy atom. The Kier molecular flexibility index (Phi) is 5.24. The molecule has 1 fully saturated rings. The average molecular weight is 356 g/mol. The van der Waals surface area contributed by atoms with E-state index in [2.05, 4.69) is 4.99 Å². The Hall–Kier alpha value is -2.40. The van der Waals surface area contributed by atoms with Crippen LogP contribution in [0.1, 0.15) is 37.2 Å². The molecule has 0 amide bonds. The van der Waals surface area contributed by atoms with Crippen LogP contribution in [-0.4, -0.2) is 34.4 Å². The molecule has 1 aliphatic rings. The summed E-state index contributed by atoms with van der Waals surface area (Å²) >= 11 is 0. The van der Waals surface area contributed by atoms with E-state index in [-0.39, 0.29) is 5.56 Å². The molecular weight excluding hydrogens is 342 g/mol. The summed E-state index contributed by atoms with van der Waals surface area (Å²) in [5.74, 6) is -1.44. The molecule has 0 aliphatic heterocycles. The van der Waals surface area contributed by atoms with Crippen molar-refractivity contribution in [2.45, 2.75) is 31.6 Å². The largest absolute Gasteiger partial charge is 0.747 e. The van der Waals surface area contributed by atoms with Crippen LogP contribution in [0.2, 0.25) is 0 Å². The maximum Gasteiger partial charge on any atom is 0.280 e. The lowest BCUT2D eigenvalue weighted by molar-refractivity contribution is -0.394. The summed E-state index contributed by atoms with van der Waals surface area (Å²) in [6, 6.07) is 3.35. The molecule has 1 atom stereocenters. The Labute approximate surface area is 137 Å². The van der Waals surface area contributed by atoms with Crippen molar-refractivity contribution in [1.82, 2.24) is 0 Å². The van der Waals surface area contributed by atoms with Gasteiger partial charge in [-0.3, -0.25) is 25.2 Å². The molecule has 1 saturated carbocycles. The van der Waals surface area contributed by atoms with E-state index in [0.29, 0.717) is 18.6 Å². The van der Waals surface area contributed by atoms with Crippen LogP contribution in [0.3, 0.4) is 0 Å². The van der Waals surface area contributed by atoms with Crippen LogP contribution in [0, 0.1) is 20.2 Å². The number of rotatable bonds is 5. The van der Waals surface area contributed by atoms with Gasteiger partial charge in [0.05, 0.1) is 15.9 Å². The zero-order valence-electron chi connectivity index (χ0n) is 12.5. The number of hydrogen-bond donors (Lipinski definition) is 0. The van der Waals surface area contributed by atoms with Gasteiger partial charge in [0.1, 0.15) is 16.0 Å². The van der Waals surface area contributed by atoms with Crippen molar-refractivity contribution in [1.29, 1.82) is 0 Å². The smallest absolute Gasteiger partial charge is 0.280 e. The lowest BCUT2D eigenvalue weighted by atomic mass is 9.81. The SMILES string of the molecule is O=[N+]([O-])c1ccc(C2CCCCC2=NCS(=O)(=O)[O-])c([N+](=O)[O-])c1. The summed E-state index contributed by atoms with van der Waals surface area (Å²) in [6.07, 6.45) is 2.40. The fraction of sp³-hybridized carbons (Fsp3) is 0.462. The van der Waals surface area contributed by atoms with Crippen LogP contribution in [0.25, 0.3) is 0 Å². The quantitative estimate of drug-likeness (QED) is 0.444. The molecule has 10 nitrogen and oxygen atoms in total. The molecule has 1 unspecified atom stereocenters. The third-order valence-electron chi connectivity index (χ3n) is 3.80. The van der Waals surface area contributed by atoms with Crippen molar-refractivity contribution in [3.8, 4) is 0 Å². The second-order valence-corrected chi connectivity index (χ2v) is 6.77. The van der Waals surface area contributed by atoms with Gasteiger partial charge in [-0.1, -0.05) is 6.42 Å². The number of nitrogens with zero attached hydrogens (tertiary/aromatic N) is 3. The lowest BCUT2D eigenvalue weighted by Gasteiger charge is -2.24. The van der Waals surface area contributed by atoms with E-state index < -0.39 is 43.1 Å². The maximum atomic E-state index is 11.3. The van der Waals surface area contributed by atoms with Crippen LogP contribution >= 0.6 is 0 Å². The van der Waals surface area contributed by atoms with E-state index in [0.717, 1.165) is 18.9 Å². The second-order valence-electron chi connectivity index (χ2n) is 5.39. The summed E-state index contributed by atoms with van der Waals surface area (Å²) in [6.45, 7) is 0. The van der Waals surface area contributed by atoms with Crippen LogP contribution in [-0.2, 0) is 10.1 Å². The van der Waals surface area contributed by atoms with E-state index in [9.17, 15) is 33.2 Å². The highest BCUT2D eigenvalue weighted by molar-refractivity contribution is 7.85. The number of non-ortho nitro benzene ring substituents is 1. The number of hydrogen-bond acceptors (Lipinski definition) is 8. The number of nitro groups is 2. The topological polar surface area (TPSA) is 156 Å². The Balaban J connectivity index is 2.47. The Bertz CT molecular complexity index is 804. The molecule has 1 aliphatic carbocycles. The van der Waals surface area contributed by atoms with Crippen molar-refractivity contribution < 1.29 is 22.8 Å². The van der Waals surface area contributed by atoms with Crippen molar-refractivity contribution >= 4 is 27.2 Å². The fourth-order valence-electron chi connectivity index (χ4n) is 2.78. The van der Waals surface area contributed by atoms with Crippen LogP contribution in [0.5, 0.6) is 0 Å². The van der Waals surface area contributed by atoms with Gasteiger partial charge in [-0.25, -0.2) is 8.42 Å². The summed E-state index contributed by atoms with van der Waals surface area (Å²) in [4.78, 5) is 24.5. The van der Waals surface area contributed by atoms with Gasteiger partial charge in [0.25, 0.3) is 11.4 Å². The van der Waals surface area contributed by atoms with Gasteiger partial charge in [0.2, 0.25) is 0 Å². The first kappa shape index (κ1) is 17.9. The van der Waals surface area contributed by atoms with Crippen molar-refractivity contribution in [3.63, 3.8) is 0 Å². The van der Waals surface area contributed by atoms with Gasteiger partial charge in [0.15, 0.2) is 0 Å². The van der Waals surface area contributed by atoms with Crippen molar-refractivity contribution in [2.24, 2.45) is 4.99 Å². The molecule has 24 heavy (non-hydrogen) atoms. The summed E-state index contributed by atoms with van der Waals surface area (Å²) in [5.41, 5.74) is -0.166. The zero-order chi connectivity index (χ0) is 17.9. The minimum Gasteiger partial charge on any atom is -0.747 e. The minimum absolute atomic E-state index is 0.243. The standard InChI is InChI=1S/C13H15N3O7S/c17-15(18)9-5-6-11(13(7-9)16(19)20)10-3-1-2-4-12(10)14-8-24(21,22)23/h5-7,10H,1-4,8H2,(H,21,22,23)/p-1. The predicted octanol–water partition coefficient (Wildman–Crippen LogP) is 2.10. The second kappa shape index (κ2) is 7.01. The van der Waals surface area contributed by atoms with Gasteiger partial charge >= 0.3 is 0 Å². The Morgan fingerprint density at radius 3 is 2.46 bits per heavy atom. The van der Waals surface area contributed by atoms with Crippen LogP contribution < -0.4 is 0 Å². The normalized spacial score (nSPS) is 20.0. The van der Waals surface area contributed by atoms with Crippen molar-refractivity contribution in [2.75, 3.05) is 5.88 Å². The molecule has 0 aromatic heterocycles. The zero-order valence-corrected chi connectivity index (χ0v) is 13.3. The highest BCUT2D eigenvalue weighted by atomic mass is 32.2. The van der Waals surface area contributed by atoms with Gasteiger partial charge in [-0.2, -0.15) is 0 Å². The molecule has 0 bridgehead atoms. The Morgan fingerprint density at radius 2 is 1.88 bits per heavy atom.